The first-order chi connectivity index (χ1) is 12.9. The molecule has 1 atom stereocenters. The van der Waals surface area contributed by atoms with Crippen LogP contribution in [0.4, 0.5) is 11.6 Å². The zero-order valence-electron chi connectivity index (χ0n) is 14.7. The number of phenolic OH excluding ortho intramolecular Hbond substituents is 1. The fourth-order valence-electron chi connectivity index (χ4n) is 2.87. The molecule has 0 unspecified atom stereocenters. The molecule has 3 rings (SSSR count). The molecule has 0 saturated heterocycles. The Bertz CT molecular complexity index is 952. The van der Waals surface area contributed by atoms with Crippen molar-refractivity contribution in [2.45, 2.75) is 19.9 Å². The van der Waals surface area contributed by atoms with E-state index >= 15 is 0 Å². The van der Waals surface area contributed by atoms with E-state index in [2.05, 4.69) is 20.8 Å². The fourth-order valence-corrected chi connectivity index (χ4v) is 2.87. The van der Waals surface area contributed by atoms with E-state index in [-0.39, 0.29) is 29.4 Å². The minimum Gasteiger partial charge on any atom is -0.500 e. The summed E-state index contributed by atoms with van der Waals surface area (Å²) in [5.74, 6) is -1.09. The number of carbonyl (C=O) groups is 1. The molecule has 2 heterocycles. The lowest BCUT2D eigenvalue weighted by molar-refractivity contribution is -0.386. The van der Waals surface area contributed by atoms with Gasteiger partial charge in [0.25, 0.3) is 0 Å². The molecule has 0 bridgehead atoms. The minimum absolute atomic E-state index is 0.0864. The quantitative estimate of drug-likeness (QED) is 0.441. The molecule has 1 aliphatic rings. The number of carbonyl (C=O) groups excluding carboxylic acids is 1. The number of nitro groups is 1. The predicted molar refractivity (Wildman–Crippen MR) is 90.2 cm³/mol. The van der Waals surface area contributed by atoms with Crippen molar-refractivity contribution >= 4 is 17.6 Å². The molecule has 0 fully saturated rings. The van der Waals surface area contributed by atoms with Crippen molar-refractivity contribution in [3.8, 4) is 11.5 Å². The average Bonchev–Trinajstić information content (AvgIpc) is 3.09. The number of ether oxygens (including phenoxy) is 2. The maximum absolute atomic E-state index is 12.4. The Morgan fingerprint density at radius 3 is 2.85 bits per heavy atom. The number of hydrogen-bond donors (Lipinski definition) is 2. The van der Waals surface area contributed by atoms with Crippen molar-refractivity contribution in [3.63, 3.8) is 0 Å². The standard InChI is InChI=1S/C15H16N6O6/c1-4-27-10-6-8(5-9(13(10)22)21(24)25)12-11(14(23)26-3)7(2)16-15-17-18-19-20(12)15/h5-6,12,22H,4H2,1-3H3,(H,16,17,19)/t12-/m1/s1. The average molecular weight is 376 g/mol. The van der Waals surface area contributed by atoms with E-state index < -0.39 is 28.4 Å². The maximum Gasteiger partial charge on any atom is 0.338 e. The number of tetrazole rings is 1. The molecular formula is C15H16N6O6. The molecule has 1 aromatic heterocycles. The number of benzene rings is 1. The molecule has 0 aliphatic carbocycles. The van der Waals surface area contributed by atoms with Gasteiger partial charge in [-0.3, -0.25) is 10.1 Å². The van der Waals surface area contributed by atoms with Crippen LogP contribution in [0.25, 0.3) is 0 Å². The highest BCUT2D eigenvalue weighted by molar-refractivity contribution is 5.92. The number of aromatic hydroxyl groups is 1. The Balaban J connectivity index is 2.27. The first-order valence-corrected chi connectivity index (χ1v) is 7.87. The van der Waals surface area contributed by atoms with Gasteiger partial charge in [0.1, 0.15) is 6.04 Å². The summed E-state index contributed by atoms with van der Waals surface area (Å²) in [4.78, 5) is 23.0. The van der Waals surface area contributed by atoms with Crippen LogP contribution in [0.15, 0.2) is 23.4 Å². The monoisotopic (exact) mass is 376 g/mol. The maximum atomic E-state index is 12.4. The van der Waals surface area contributed by atoms with Gasteiger partial charge in [-0.05, 0) is 35.9 Å². The Morgan fingerprint density at radius 1 is 1.48 bits per heavy atom. The van der Waals surface area contributed by atoms with Crippen LogP contribution in [0.1, 0.15) is 25.5 Å². The minimum atomic E-state index is -0.915. The number of allylic oxidation sites excluding steroid dienone is 1. The van der Waals surface area contributed by atoms with Crippen LogP contribution in [0, 0.1) is 10.1 Å². The number of esters is 1. The SMILES string of the molecule is CCOc1cc([C@@H]2C(C(=O)OC)=C(C)Nc3nnnn32)cc([N+](=O)[O-])c1O. The van der Waals surface area contributed by atoms with Crippen molar-refractivity contribution in [1.29, 1.82) is 0 Å². The Morgan fingerprint density at radius 2 is 2.22 bits per heavy atom. The number of nitrogens with one attached hydrogen (secondary N) is 1. The van der Waals surface area contributed by atoms with Gasteiger partial charge in [-0.1, -0.05) is 5.10 Å². The first-order valence-electron chi connectivity index (χ1n) is 7.87. The van der Waals surface area contributed by atoms with E-state index in [4.69, 9.17) is 9.47 Å². The molecule has 2 N–H and O–H groups in total. The van der Waals surface area contributed by atoms with Crippen LogP contribution in [-0.2, 0) is 9.53 Å². The number of rotatable bonds is 5. The molecule has 0 saturated carbocycles. The summed E-state index contributed by atoms with van der Waals surface area (Å²) in [5.41, 5.74) is 0.311. The second kappa shape index (κ2) is 6.90. The summed E-state index contributed by atoms with van der Waals surface area (Å²) in [6.45, 7) is 3.48. The predicted octanol–water partition coefficient (Wildman–Crippen LogP) is 1.15. The van der Waals surface area contributed by atoms with Gasteiger partial charge < -0.3 is 19.9 Å². The summed E-state index contributed by atoms with van der Waals surface area (Å²) >= 11 is 0. The van der Waals surface area contributed by atoms with Gasteiger partial charge in [0.15, 0.2) is 5.75 Å². The second-order valence-corrected chi connectivity index (χ2v) is 5.58. The van der Waals surface area contributed by atoms with Crippen LogP contribution in [-0.4, -0.2) is 49.9 Å². The van der Waals surface area contributed by atoms with Crippen molar-refractivity contribution in [1.82, 2.24) is 20.2 Å². The number of nitrogens with zero attached hydrogens (tertiary/aromatic N) is 5. The Hall–Kier alpha value is -3.70. The molecule has 12 heteroatoms. The molecule has 2 aromatic rings. The van der Waals surface area contributed by atoms with Gasteiger partial charge >= 0.3 is 11.7 Å². The van der Waals surface area contributed by atoms with E-state index in [1.807, 2.05) is 0 Å². The normalized spacial score (nSPS) is 15.7. The second-order valence-electron chi connectivity index (χ2n) is 5.58. The van der Waals surface area contributed by atoms with E-state index in [1.165, 1.54) is 17.9 Å². The van der Waals surface area contributed by atoms with Crippen LogP contribution in [0.2, 0.25) is 0 Å². The summed E-state index contributed by atoms with van der Waals surface area (Å²) in [6.07, 6.45) is 0. The highest BCUT2D eigenvalue weighted by atomic mass is 16.6. The van der Waals surface area contributed by atoms with Crippen LogP contribution in [0.5, 0.6) is 11.5 Å². The van der Waals surface area contributed by atoms with Gasteiger partial charge in [-0.2, -0.15) is 4.68 Å². The van der Waals surface area contributed by atoms with Gasteiger partial charge in [-0.15, -0.1) is 0 Å². The third-order valence-corrected chi connectivity index (χ3v) is 4.01. The molecule has 1 aliphatic heterocycles. The molecule has 0 amide bonds. The number of nitro benzene ring substituents is 1. The van der Waals surface area contributed by atoms with E-state index in [1.54, 1.807) is 13.8 Å². The Labute approximate surface area is 152 Å². The molecule has 142 valence electrons. The molecule has 0 spiro atoms. The molecule has 1 aromatic carbocycles. The Kier molecular flexibility index (Phi) is 4.62. The lowest BCUT2D eigenvalue weighted by Gasteiger charge is -2.27. The van der Waals surface area contributed by atoms with E-state index in [0.717, 1.165) is 6.07 Å². The number of phenols is 1. The number of aromatic nitrogens is 4. The third kappa shape index (κ3) is 3.01. The van der Waals surface area contributed by atoms with Gasteiger partial charge in [-0.25, -0.2) is 4.79 Å². The zero-order chi connectivity index (χ0) is 19.7. The first kappa shape index (κ1) is 18.1. The lowest BCUT2D eigenvalue weighted by Crippen LogP contribution is -2.29. The fraction of sp³-hybridized carbons (Fsp3) is 0.333. The van der Waals surface area contributed by atoms with Gasteiger partial charge in [0, 0.05) is 11.8 Å². The van der Waals surface area contributed by atoms with Crippen LogP contribution >= 0.6 is 0 Å². The van der Waals surface area contributed by atoms with Crippen molar-refractivity contribution in [2.24, 2.45) is 0 Å². The van der Waals surface area contributed by atoms with Gasteiger partial charge in [0.05, 0.1) is 24.2 Å². The third-order valence-electron chi connectivity index (χ3n) is 4.01. The van der Waals surface area contributed by atoms with Crippen molar-refractivity contribution in [2.75, 3.05) is 19.0 Å². The summed E-state index contributed by atoms with van der Waals surface area (Å²) in [6, 6.07) is 1.64. The van der Waals surface area contributed by atoms with Gasteiger partial charge in [0.2, 0.25) is 11.7 Å². The molecule has 0 radical (unpaired) electrons. The highest BCUT2D eigenvalue weighted by Crippen LogP contribution is 2.43. The van der Waals surface area contributed by atoms with E-state index in [0.29, 0.717) is 5.70 Å². The summed E-state index contributed by atoms with van der Waals surface area (Å²) in [7, 11) is 1.22. The van der Waals surface area contributed by atoms with E-state index in [9.17, 15) is 20.0 Å². The van der Waals surface area contributed by atoms with Crippen molar-refractivity contribution < 1.29 is 24.3 Å². The van der Waals surface area contributed by atoms with Crippen LogP contribution in [0.3, 0.4) is 0 Å². The number of hydrogen-bond acceptors (Lipinski definition) is 10. The molecule has 12 nitrogen and oxygen atoms in total. The van der Waals surface area contributed by atoms with Crippen molar-refractivity contribution in [3.05, 3.63) is 39.1 Å². The number of anilines is 1. The topological polar surface area (TPSA) is 155 Å². The smallest absolute Gasteiger partial charge is 0.338 e. The molecule has 27 heavy (non-hydrogen) atoms. The lowest BCUT2D eigenvalue weighted by atomic mass is 9.95. The van der Waals surface area contributed by atoms with Crippen LogP contribution < -0.4 is 10.1 Å². The number of methoxy groups -OCH3 is 1. The summed E-state index contributed by atoms with van der Waals surface area (Å²) in [5, 5.41) is 35.6. The highest BCUT2D eigenvalue weighted by Gasteiger charge is 2.36. The summed E-state index contributed by atoms with van der Waals surface area (Å²) < 4.78 is 11.5. The molecular weight excluding hydrogens is 360 g/mol. The number of fused-ring (bicyclic) bond motifs is 1. The zero-order valence-corrected chi connectivity index (χ0v) is 14.7. The largest absolute Gasteiger partial charge is 0.500 e.